The van der Waals surface area contributed by atoms with Crippen molar-refractivity contribution in [1.29, 1.82) is 0 Å². The number of rotatable bonds is 5. The molecule has 0 spiro atoms. The van der Waals surface area contributed by atoms with E-state index in [1.54, 1.807) is 0 Å². The van der Waals surface area contributed by atoms with Gasteiger partial charge in [0.05, 0.1) is 5.56 Å². The third-order valence-corrected chi connectivity index (χ3v) is 3.85. The summed E-state index contributed by atoms with van der Waals surface area (Å²) in [4.78, 5) is 12.2. The van der Waals surface area contributed by atoms with E-state index in [4.69, 9.17) is 4.74 Å². The van der Waals surface area contributed by atoms with Crippen molar-refractivity contribution in [2.24, 2.45) is 0 Å². The van der Waals surface area contributed by atoms with Crippen molar-refractivity contribution in [2.75, 3.05) is 0 Å². The molecule has 0 aliphatic carbocycles. The van der Waals surface area contributed by atoms with Crippen LogP contribution in [0.4, 0.5) is 4.39 Å². The second-order valence-electron chi connectivity index (χ2n) is 6.30. The molecule has 2 rings (SSSR count). The quantitative estimate of drug-likeness (QED) is 0.688. The average Bonchev–Trinajstić information content (AvgIpc) is 2.52. The van der Waals surface area contributed by atoms with Gasteiger partial charge in [-0.25, -0.2) is 9.18 Å². The fourth-order valence-corrected chi connectivity index (χ4v) is 2.66. The van der Waals surface area contributed by atoms with Gasteiger partial charge in [-0.1, -0.05) is 64.1 Å². The van der Waals surface area contributed by atoms with Crippen LogP contribution in [0, 0.1) is 5.82 Å². The topological polar surface area (TPSA) is 26.3 Å². The zero-order valence-electron chi connectivity index (χ0n) is 14.1. The molecule has 23 heavy (non-hydrogen) atoms. The predicted octanol–water partition coefficient (Wildman–Crippen LogP) is 5.43. The molecule has 2 aromatic rings. The smallest absolute Gasteiger partial charge is 0.341 e. The van der Waals surface area contributed by atoms with E-state index in [2.05, 4.69) is 0 Å². The molecule has 0 saturated heterocycles. The number of esters is 1. The van der Waals surface area contributed by atoms with Crippen molar-refractivity contribution >= 4 is 5.97 Å². The number of halogens is 1. The van der Waals surface area contributed by atoms with Crippen molar-refractivity contribution < 1.29 is 13.9 Å². The van der Waals surface area contributed by atoms with Gasteiger partial charge >= 0.3 is 5.97 Å². The Morgan fingerprint density at radius 1 is 1.00 bits per heavy atom. The van der Waals surface area contributed by atoms with Crippen LogP contribution in [0.2, 0.25) is 0 Å². The average molecular weight is 314 g/mol. The summed E-state index contributed by atoms with van der Waals surface area (Å²) >= 11 is 0. The molecular formula is C20H23FO2. The summed E-state index contributed by atoms with van der Waals surface area (Å²) in [5.41, 5.74) is 2.43. The molecule has 0 saturated carbocycles. The minimum absolute atomic E-state index is 0.00836. The van der Waals surface area contributed by atoms with Gasteiger partial charge in [-0.15, -0.1) is 0 Å². The molecule has 0 heterocycles. The zero-order valence-corrected chi connectivity index (χ0v) is 14.1. The Kier molecular flexibility index (Phi) is 5.54. The number of carbonyl (C=O) groups is 1. The highest BCUT2D eigenvalue weighted by Crippen LogP contribution is 2.30. The third kappa shape index (κ3) is 3.98. The number of carbonyl (C=O) groups excluding carboxylic acids is 1. The van der Waals surface area contributed by atoms with Gasteiger partial charge in [-0.2, -0.15) is 0 Å². The van der Waals surface area contributed by atoms with E-state index in [0.29, 0.717) is 5.56 Å². The third-order valence-electron chi connectivity index (χ3n) is 3.85. The molecule has 0 atom stereocenters. The highest BCUT2D eigenvalue weighted by molar-refractivity contribution is 5.90. The van der Waals surface area contributed by atoms with Crippen LogP contribution >= 0.6 is 0 Å². The largest absolute Gasteiger partial charge is 0.457 e. The fraction of sp³-hybridized carbons (Fsp3) is 0.350. The fourth-order valence-electron chi connectivity index (χ4n) is 2.66. The van der Waals surface area contributed by atoms with E-state index in [1.807, 2.05) is 64.1 Å². The van der Waals surface area contributed by atoms with Gasteiger partial charge in [0.2, 0.25) is 0 Å². The summed E-state index contributed by atoms with van der Waals surface area (Å²) in [7, 11) is 0. The van der Waals surface area contributed by atoms with Crippen molar-refractivity contribution in [2.45, 2.75) is 46.1 Å². The van der Waals surface area contributed by atoms with E-state index in [1.165, 1.54) is 6.07 Å². The van der Waals surface area contributed by atoms with Gasteiger partial charge in [-0.3, -0.25) is 0 Å². The first kappa shape index (κ1) is 17.2. The molecule has 0 aliphatic heterocycles. The van der Waals surface area contributed by atoms with E-state index >= 15 is 0 Å². The van der Waals surface area contributed by atoms with Crippen molar-refractivity contribution in [1.82, 2.24) is 0 Å². The lowest BCUT2D eigenvalue weighted by molar-refractivity contribution is 0.0467. The van der Waals surface area contributed by atoms with E-state index in [0.717, 1.165) is 11.1 Å². The van der Waals surface area contributed by atoms with Crippen LogP contribution in [0.5, 0.6) is 0 Å². The van der Waals surface area contributed by atoms with Crippen LogP contribution in [0.1, 0.15) is 66.6 Å². The first-order chi connectivity index (χ1) is 10.9. The molecule has 3 heteroatoms. The number of hydrogen-bond acceptors (Lipinski definition) is 2. The van der Waals surface area contributed by atoms with Crippen LogP contribution in [0.3, 0.4) is 0 Å². The van der Waals surface area contributed by atoms with Crippen LogP contribution in [0.25, 0.3) is 0 Å². The lowest BCUT2D eigenvalue weighted by atomic mass is 9.88. The first-order valence-corrected chi connectivity index (χ1v) is 7.95. The molecule has 0 unspecified atom stereocenters. The minimum atomic E-state index is -0.622. The molecule has 122 valence electrons. The van der Waals surface area contributed by atoms with Gasteiger partial charge in [0.25, 0.3) is 0 Å². The Balaban J connectivity index is 2.25. The van der Waals surface area contributed by atoms with Gasteiger partial charge in [0.15, 0.2) is 0 Å². The molecule has 0 radical (unpaired) electrons. The monoisotopic (exact) mass is 314 g/mol. The molecule has 0 bridgehead atoms. The summed E-state index contributed by atoms with van der Waals surface area (Å²) in [5.74, 6) is -0.863. The highest BCUT2D eigenvalue weighted by atomic mass is 19.1. The summed E-state index contributed by atoms with van der Waals surface area (Å²) in [6, 6.07) is 12.7. The number of ether oxygens (including phenoxy) is 1. The maximum Gasteiger partial charge on any atom is 0.341 e. The molecule has 0 aromatic heterocycles. The summed E-state index contributed by atoms with van der Waals surface area (Å²) < 4.78 is 20.1. The minimum Gasteiger partial charge on any atom is -0.457 e. The Morgan fingerprint density at radius 2 is 1.65 bits per heavy atom. The van der Waals surface area contributed by atoms with Gasteiger partial charge < -0.3 is 4.74 Å². The van der Waals surface area contributed by atoms with Crippen molar-refractivity contribution in [3.05, 3.63) is 70.5 Å². The zero-order chi connectivity index (χ0) is 17.0. The van der Waals surface area contributed by atoms with Gasteiger partial charge in [0, 0.05) is 0 Å². The first-order valence-electron chi connectivity index (χ1n) is 7.95. The SMILES string of the molecule is CC(C)c1ccc(C(=O)OCc2ccccc2)c(F)c1C(C)C. The molecule has 0 fully saturated rings. The van der Waals surface area contributed by atoms with E-state index < -0.39 is 11.8 Å². The van der Waals surface area contributed by atoms with Gasteiger partial charge in [0.1, 0.15) is 12.4 Å². The van der Waals surface area contributed by atoms with Crippen LogP contribution in [-0.2, 0) is 11.3 Å². The second-order valence-corrected chi connectivity index (χ2v) is 6.30. The van der Waals surface area contributed by atoms with Crippen molar-refractivity contribution in [3.8, 4) is 0 Å². The summed E-state index contributed by atoms with van der Waals surface area (Å²) in [6.07, 6.45) is 0. The normalized spacial score (nSPS) is 11.1. The maximum atomic E-state index is 14.8. The second kappa shape index (κ2) is 7.40. The lowest BCUT2D eigenvalue weighted by Gasteiger charge is -2.18. The van der Waals surface area contributed by atoms with Crippen LogP contribution in [-0.4, -0.2) is 5.97 Å². The molecule has 2 nitrogen and oxygen atoms in total. The van der Waals surface area contributed by atoms with Crippen LogP contribution < -0.4 is 0 Å². The Labute approximate surface area is 137 Å². The Hall–Kier alpha value is -2.16. The summed E-state index contributed by atoms with van der Waals surface area (Å²) in [5, 5.41) is 0. The predicted molar refractivity (Wildman–Crippen MR) is 90.1 cm³/mol. The lowest BCUT2D eigenvalue weighted by Crippen LogP contribution is -2.12. The molecule has 0 amide bonds. The molecule has 0 aliphatic rings. The van der Waals surface area contributed by atoms with Crippen molar-refractivity contribution in [3.63, 3.8) is 0 Å². The molecule has 0 N–H and O–H groups in total. The molecular weight excluding hydrogens is 291 g/mol. The summed E-state index contributed by atoms with van der Waals surface area (Å²) in [6.45, 7) is 8.05. The van der Waals surface area contributed by atoms with Gasteiger partial charge in [-0.05, 0) is 34.6 Å². The molecule has 2 aromatic carbocycles. The Morgan fingerprint density at radius 3 is 2.22 bits per heavy atom. The number of benzene rings is 2. The number of hydrogen-bond donors (Lipinski definition) is 0. The van der Waals surface area contributed by atoms with E-state index in [-0.39, 0.29) is 24.0 Å². The maximum absolute atomic E-state index is 14.8. The Bertz CT molecular complexity index is 676. The van der Waals surface area contributed by atoms with Crippen LogP contribution in [0.15, 0.2) is 42.5 Å². The standard InChI is InChI=1S/C20H23FO2/c1-13(2)16-10-11-17(19(21)18(16)14(3)4)20(22)23-12-15-8-6-5-7-9-15/h5-11,13-14H,12H2,1-4H3. The van der Waals surface area contributed by atoms with E-state index in [9.17, 15) is 9.18 Å². The highest BCUT2D eigenvalue weighted by Gasteiger charge is 2.22.